The van der Waals surface area contributed by atoms with Gasteiger partial charge >= 0.3 is 5.97 Å². The highest BCUT2D eigenvalue weighted by molar-refractivity contribution is 5.86. The molecule has 4 aliphatic carbocycles. The summed E-state index contributed by atoms with van der Waals surface area (Å²) in [5.74, 6) is 1.06. The van der Waals surface area contributed by atoms with Crippen molar-refractivity contribution in [2.45, 2.75) is 91.7 Å². The van der Waals surface area contributed by atoms with Gasteiger partial charge < -0.3 is 15.0 Å². The molecule has 2 fully saturated rings. The van der Waals surface area contributed by atoms with E-state index in [0.717, 1.165) is 32.1 Å². The van der Waals surface area contributed by atoms with E-state index >= 15 is 0 Å². The number of amides is 2. The summed E-state index contributed by atoms with van der Waals surface area (Å²) in [6.07, 6.45) is 16.0. The number of nitrogens with zero attached hydrogens (tertiary/aromatic N) is 2. The molecular weight excluding hydrogens is 502 g/mol. The molecule has 4 aliphatic rings. The van der Waals surface area contributed by atoms with E-state index in [1.807, 2.05) is 32.3 Å². The molecule has 1 N–H and O–H groups in total. The van der Waals surface area contributed by atoms with Crippen LogP contribution < -0.4 is 5.32 Å². The number of allylic oxidation sites excluding steroid dienone is 3. The van der Waals surface area contributed by atoms with Crippen molar-refractivity contribution >= 4 is 23.4 Å². The van der Waals surface area contributed by atoms with Gasteiger partial charge in [-0.2, -0.15) is 0 Å². The molecule has 1 aromatic rings. The fourth-order valence-corrected chi connectivity index (χ4v) is 8.53. The Morgan fingerprint density at radius 2 is 1.88 bits per heavy atom. The third-order valence-corrected chi connectivity index (χ3v) is 10.7. The maximum absolute atomic E-state index is 12.6. The van der Waals surface area contributed by atoms with Gasteiger partial charge in [0.1, 0.15) is 12.6 Å². The van der Waals surface area contributed by atoms with Crippen LogP contribution >= 0.6 is 0 Å². The molecule has 1 aromatic heterocycles. The van der Waals surface area contributed by atoms with Crippen LogP contribution in [0.15, 0.2) is 42.3 Å². The third-order valence-electron chi connectivity index (χ3n) is 10.7. The molecule has 0 aliphatic heterocycles. The number of ether oxygens (including phenoxy) is 1. The first kappa shape index (κ1) is 28.6. The average Bonchev–Trinajstić information content (AvgIpc) is 3.28. The molecule has 1 heterocycles. The number of fused-ring (bicyclic) bond motifs is 5. The van der Waals surface area contributed by atoms with E-state index < -0.39 is 5.97 Å². The van der Waals surface area contributed by atoms with Crippen molar-refractivity contribution in [3.05, 3.63) is 47.8 Å². The van der Waals surface area contributed by atoms with Crippen molar-refractivity contribution in [3.63, 3.8) is 0 Å². The topological polar surface area (TPSA) is 88.6 Å². The maximum atomic E-state index is 12.6. The molecule has 7 nitrogen and oxygen atoms in total. The minimum Gasteiger partial charge on any atom is -0.461 e. The monoisotopic (exact) mass is 547 g/mol. The lowest BCUT2D eigenvalue weighted by molar-refractivity contribution is -0.151. The zero-order chi connectivity index (χ0) is 28.7. The number of carbonyl (C=O) groups is 3. The van der Waals surface area contributed by atoms with Crippen LogP contribution in [0, 0.1) is 28.6 Å². The van der Waals surface area contributed by atoms with Crippen LogP contribution in [0.1, 0.15) is 85.1 Å². The average molecular weight is 548 g/mol. The van der Waals surface area contributed by atoms with E-state index in [1.165, 1.54) is 41.4 Å². The van der Waals surface area contributed by atoms with Crippen LogP contribution in [-0.2, 0) is 19.1 Å². The van der Waals surface area contributed by atoms with Crippen LogP contribution in [0.25, 0.3) is 5.57 Å². The van der Waals surface area contributed by atoms with Crippen molar-refractivity contribution in [2.75, 3.05) is 13.1 Å². The molecule has 0 aromatic carbocycles. The van der Waals surface area contributed by atoms with Gasteiger partial charge in [-0.3, -0.25) is 19.4 Å². The summed E-state index contributed by atoms with van der Waals surface area (Å²) in [6, 6.07) is 4.17. The summed E-state index contributed by atoms with van der Waals surface area (Å²) in [5, 5.41) is 2.62. The van der Waals surface area contributed by atoms with Gasteiger partial charge in [0.15, 0.2) is 0 Å². The van der Waals surface area contributed by atoms with Gasteiger partial charge in [-0.25, -0.2) is 0 Å². The molecule has 0 spiro atoms. The van der Waals surface area contributed by atoms with Crippen molar-refractivity contribution < 1.29 is 19.1 Å². The van der Waals surface area contributed by atoms with Gasteiger partial charge in [-0.05, 0) is 98.2 Å². The number of esters is 1. The standard InChI is InChI=1S/C33H45N3O4/c1-21(2)36(22(3)37)20-30(38)35-19-31(39)40-25-12-14-32(4)24(17-25)8-9-26-28-11-10-27(23-7-6-16-34-18-23)33(28,5)15-13-29(26)32/h6-8,10,16,18,21,25-26,28-29H,9,11-15,17,19-20H2,1-5H3,(H,35,38). The SMILES string of the molecule is CC(=O)N(CC(=O)NCC(=O)OC1CCC2(C)C(=CCC3C2CCC2(C)C(c4cccnc4)=CCC32)C1)C(C)C. The molecule has 40 heavy (non-hydrogen) atoms. The molecule has 0 bridgehead atoms. The van der Waals surface area contributed by atoms with Gasteiger partial charge in [0.25, 0.3) is 0 Å². The summed E-state index contributed by atoms with van der Waals surface area (Å²) >= 11 is 0. The van der Waals surface area contributed by atoms with Crippen molar-refractivity contribution in [2.24, 2.45) is 28.6 Å². The fourth-order valence-electron chi connectivity index (χ4n) is 8.53. The number of rotatable bonds is 7. The Morgan fingerprint density at radius 3 is 2.58 bits per heavy atom. The smallest absolute Gasteiger partial charge is 0.325 e. The van der Waals surface area contributed by atoms with E-state index in [4.69, 9.17) is 4.74 Å². The number of nitrogens with one attached hydrogen (secondary N) is 1. The molecule has 5 rings (SSSR count). The van der Waals surface area contributed by atoms with Crippen molar-refractivity contribution in [3.8, 4) is 0 Å². The molecule has 0 saturated heterocycles. The van der Waals surface area contributed by atoms with Crippen LogP contribution in [-0.4, -0.2) is 52.9 Å². The number of hydrogen-bond acceptors (Lipinski definition) is 5. The lowest BCUT2D eigenvalue weighted by Gasteiger charge is -2.57. The third kappa shape index (κ3) is 5.24. The normalized spacial score (nSPS) is 32.6. The van der Waals surface area contributed by atoms with Gasteiger partial charge in [-0.1, -0.05) is 37.6 Å². The summed E-state index contributed by atoms with van der Waals surface area (Å²) in [4.78, 5) is 42.5. The first-order chi connectivity index (χ1) is 19.0. The van der Waals surface area contributed by atoms with E-state index in [9.17, 15) is 14.4 Å². The Balaban J connectivity index is 1.18. The predicted molar refractivity (Wildman–Crippen MR) is 155 cm³/mol. The molecule has 6 unspecified atom stereocenters. The highest BCUT2D eigenvalue weighted by Crippen LogP contribution is 2.66. The predicted octanol–water partition coefficient (Wildman–Crippen LogP) is 5.32. The Hall–Kier alpha value is -2.96. The number of aromatic nitrogens is 1. The summed E-state index contributed by atoms with van der Waals surface area (Å²) in [7, 11) is 0. The molecule has 2 amide bonds. The minimum atomic E-state index is -0.413. The van der Waals surface area contributed by atoms with Crippen molar-refractivity contribution in [1.29, 1.82) is 0 Å². The first-order valence-electron chi connectivity index (χ1n) is 15.1. The number of hydrogen-bond donors (Lipinski definition) is 1. The number of carbonyl (C=O) groups excluding carboxylic acids is 3. The summed E-state index contributed by atoms with van der Waals surface area (Å²) in [6.45, 7) is 9.87. The molecule has 6 atom stereocenters. The highest BCUT2D eigenvalue weighted by atomic mass is 16.5. The molecule has 2 saturated carbocycles. The van der Waals surface area contributed by atoms with Crippen molar-refractivity contribution in [1.82, 2.24) is 15.2 Å². The lowest BCUT2D eigenvalue weighted by atomic mass is 9.47. The van der Waals surface area contributed by atoms with E-state index in [-0.39, 0.29) is 47.9 Å². The maximum Gasteiger partial charge on any atom is 0.325 e. The van der Waals surface area contributed by atoms with Crippen LogP contribution in [0.3, 0.4) is 0 Å². The molecule has 216 valence electrons. The Labute approximate surface area is 238 Å². The second-order valence-corrected chi connectivity index (χ2v) is 13.2. The van der Waals surface area contributed by atoms with Crippen LogP contribution in [0.2, 0.25) is 0 Å². The van der Waals surface area contributed by atoms with Crippen LogP contribution in [0.5, 0.6) is 0 Å². The molecular formula is C33H45N3O4. The highest BCUT2D eigenvalue weighted by Gasteiger charge is 2.57. The zero-order valence-corrected chi connectivity index (χ0v) is 24.7. The van der Waals surface area contributed by atoms with Gasteiger partial charge in [0.2, 0.25) is 11.8 Å². The molecule has 0 radical (unpaired) electrons. The quantitative estimate of drug-likeness (QED) is 0.369. The second-order valence-electron chi connectivity index (χ2n) is 13.2. The Kier molecular flexibility index (Phi) is 7.95. The Morgan fingerprint density at radius 1 is 1.10 bits per heavy atom. The minimum absolute atomic E-state index is 0.0587. The second kappa shape index (κ2) is 11.1. The van der Waals surface area contributed by atoms with E-state index in [2.05, 4.69) is 42.4 Å². The number of pyridine rings is 1. The van der Waals surface area contributed by atoms with Gasteiger partial charge in [0, 0.05) is 31.8 Å². The van der Waals surface area contributed by atoms with E-state index in [1.54, 1.807) is 0 Å². The summed E-state index contributed by atoms with van der Waals surface area (Å²) in [5.41, 5.74) is 4.59. The largest absolute Gasteiger partial charge is 0.461 e. The van der Waals surface area contributed by atoms with Gasteiger partial charge in [-0.15, -0.1) is 0 Å². The first-order valence-corrected chi connectivity index (χ1v) is 15.1. The van der Waals surface area contributed by atoms with E-state index in [0.29, 0.717) is 17.8 Å². The van der Waals surface area contributed by atoms with Crippen LogP contribution in [0.4, 0.5) is 0 Å². The zero-order valence-electron chi connectivity index (χ0n) is 24.7. The summed E-state index contributed by atoms with van der Waals surface area (Å²) < 4.78 is 5.83. The molecule has 7 heteroatoms. The fraction of sp³-hybridized carbons (Fsp3) is 0.636. The lowest BCUT2D eigenvalue weighted by Crippen LogP contribution is -2.50. The van der Waals surface area contributed by atoms with Gasteiger partial charge in [0.05, 0.1) is 6.54 Å². The Bertz CT molecular complexity index is 1210.